The summed E-state index contributed by atoms with van der Waals surface area (Å²) >= 11 is 12.6. The minimum absolute atomic E-state index is 0.0671. The second-order valence-corrected chi connectivity index (χ2v) is 6.84. The number of aromatic nitrogens is 2. The molecule has 0 amide bonds. The Labute approximate surface area is 178 Å². The summed E-state index contributed by atoms with van der Waals surface area (Å²) in [5.41, 5.74) is 7.27. The van der Waals surface area contributed by atoms with Gasteiger partial charge in [0.05, 0.1) is 12.2 Å². The van der Waals surface area contributed by atoms with Crippen LogP contribution in [0.25, 0.3) is 6.08 Å². The molecule has 0 atom stereocenters. The number of hydrogen-bond acceptors (Lipinski definition) is 6. The number of ketones is 1. The van der Waals surface area contributed by atoms with Crippen molar-refractivity contribution in [3.05, 3.63) is 68.6 Å². The van der Waals surface area contributed by atoms with Gasteiger partial charge < -0.3 is 10.5 Å². The Kier molecular flexibility index (Phi) is 7.59. The first-order valence-electron chi connectivity index (χ1n) is 8.45. The van der Waals surface area contributed by atoms with Crippen LogP contribution in [0.15, 0.2) is 41.6 Å². The SMILES string of the molecule is CC(N)=C(C#N)C(=O)COC(=O)C=Cc1c(C)nn(Cc2ccccc2Cl)c1Cl. The monoisotopic (exact) mass is 432 g/mol. The molecule has 0 saturated heterocycles. The number of rotatable bonds is 7. The fraction of sp³-hybridized carbons (Fsp3) is 0.200. The summed E-state index contributed by atoms with van der Waals surface area (Å²) in [6, 6.07) is 9.02. The van der Waals surface area contributed by atoms with Crippen LogP contribution in [0.2, 0.25) is 10.2 Å². The molecule has 0 bridgehead atoms. The number of ether oxygens (including phenoxy) is 1. The molecule has 1 heterocycles. The number of nitriles is 1. The average molecular weight is 433 g/mol. The number of allylic oxidation sites excluding steroid dienone is 1. The average Bonchev–Trinajstić information content (AvgIpc) is 2.93. The second-order valence-electron chi connectivity index (χ2n) is 6.07. The molecule has 9 heteroatoms. The molecule has 0 aliphatic rings. The molecule has 0 unspecified atom stereocenters. The van der Waals surface area contributed by atoms with Crippen LogP contribution in [0.3, 0.4) is 0 Å². The van der Waals surface area contributed by atoms with Crippen molar-refractivity contribution in [1.82, 2.24) is 9.78 Å². The summed E-state index contributed by atoms with van der Waals surface area (Å²) in [5.74, 6) is -1.43. The Morgan fingerprint density at radius 3 is 2.66 bits per heavy atom. The van der Waals surface area contributed by atoms with Crippen LogP contribution in [-0.2, 0) is 20.9 Å². The predicted octanol–water partition coefficient (Wildman–Crippen LogP) is 3.43. The van der Waals surface area contributed by atoms with E-state index in [1.165, 1.54) is 13.0 Å². The van der Waals surface area contributed by atoms with Crippen molar-refractivity contribution in [2.75, 3.05) is 6.61 Å². The number of nitrogens with two attached hydrogens (primary N) is 1. The van der Waals surface area contributed by atoms with Gasteiger partial charge in [-0.15, -0.1) is 0 Å². The van der Waals surface area contributed by atoms with Gasteiger partial charge in [-0.05, 0) is 31.6 Å². The lowest BCUT2D eigenvalue weighted by molar-refractivity contribution is -0.141. The van der Waals surface area contributed by atoms with Crippen molar-refractivity contribution < 1.29 is 14.3 Å². The van der Waals surface area contributed by atoms with E-state index < -0.39 is 18.4 Å². The third-order valence-electron chi connectivity index (χ3n) is 3.90. The number of benzene rings is 1. The highest BCUT2D eigenvalue weighted by Gasteiger charge is 2.15. The lowest BCUT2D eigenvalue weighted by Gasteiger charge is -2.05. The maximum absolute atomic E-state index is 11.9. The fourth-order valence-electron chi connectivity index (χ4n) is 2.43. The van der Waals surface area contributed by atoms with Gasteiger partial charge in [0.15, 0.2) is 6.61 Å². The number of Topliss-reactive ketones (excluding diaryl/α,β-unsaturated/α-hetero) is 1. The van der Waals surface area contributed by atoms with Crippen LogP contribution < -0.4 is 5.73 Å². The first kappa shape index (κ1) is 22.2. The lowest BCUT2D eigenvalue weighted by Crippen LogP contribution is -2.16. The minimum Gasteiger partial charge on any atom is -0.454 e. The normalized spacial score (nSPS) is 11.8. The number of aryl methyl sites for hydroxylation is 1. The Hall–Kier alpha value is -3.08. The first-order valence-corrected chi connectivity index (χ1v) is 9.21. The second kappa shape index (κ2) is 9.92. The van der Waals surface area contributed by atoms with Crippen LogP contribution in [0.4, 0.5) is 0 Å². The first-order chi connectivity index (χ1) is 13.7. The molecule has 0 radical (unpaired) electrons. The van der Waals surface area contributed by atoms with E-state index in [0.717, 1.165) is 11.6 Å². The summed E-state index contributed by atoms with van der Waals surface area (Å²) in [6.45, 7) is 2.95. The van der Waals surface area contributed by atoms with Crippen molar-refractivity contribution in [1.29, 1.82) is 5.26 Å². The largest absolute Gasteiger partial charge is 0.454 e. The van der Waals surface area contributed by atoms with Gasteiger partial charge in [-0.1, -0.05) is 41.4 Å². The number of carbonyl (C=O) groups is 2. The molecule has 29 heavy (non-hydrogen) atoms. The van der Waals surface area contributed by atoms with E-state index >= 15 is 0 Å². The maximum Gasteiger partial charge on any atom is 0.331 e. The molecule has 0 fully saturated rings. The Morgan fingerprint density at radius 1 is 1.34 bits per heavy atom. The Morgan fingerprint density at radius 2 is 2.03 bits per heavy atom. The van der Waals surface area contributed by atoms with Gasteiger partial charge in [0, 0.05) is 22.4 Å². The highest BCUT2D eigenvalue weighted by Crippen LogP contribution is 2.24. The molecular formula is C20H18Cl2N4O3. The van der Waals surface area contributed by atoms with Gasteiger partial charge in [0.2, 0.25) is 5.78 Å². The van der Waals surface area contributed by atoms with Crippen molar-refractivity contribution >= 4 is 41.0 Å². The van der Waals surface area contributed by atoms with Gasteiger partial charge in [-0.2, -0.15) is 10.4 Å². The number of nitrogens with zero attached hydrogens (tertiary/aromatic N) is 3. The number of esters is 1. The third kappa shape index (κ3) is 5.70. The molecule has 2 N–H and O–H groups in total. The van der Waals surface area contributed by atoms with Gasteiger partial charge in [0.1, 0.15) is 16.8 Å². The van der Waals surface area contributed by atoms with Crippen molar-refractivity contribution in [3.63, 3.8) is 0 Å². The summed E-state index contributed by atoms with van der Waals surface area (Å²) < 4.78 is 6.42. The van der Waals surface area contributed by atoms with Crippen molar-refractivity contribution in [2.45, 2.75) is 20.4 Å². The summed E-state index contributed by atoms with van der Waals surface area (Å²) in [7, 11) is 0. The molecular weight excluding hydrogens is 415 g/mol. The van der Waals surface area contributed by atoms with Gasteiger partial charge in [0.25, 0.3) is 0 Å². The van der Waals surface area contributed by atoms with E-state index in [1.807, 2.05) is 18.2 Å². The maximum atomic E-state index is 11.9. The van der Waals surface area contributed by atoms with Crippen LogP contribution in [0.5, 0.6) is 0 Å². The zero-order valence-corrected chi connectivity index (χ0v) is 17.3. The van der Waals surface area contributed by atoms with Crippen molar-refractivity contribution in [3.8, 4) is 6.07 Å². The van der Waals surface area contributed by atoms with Crippen LogP contribution in [-0.4, -0.2) is 28.1 Å². The molecule has 1 aromatic carbocycles. The van der Waals surface area contributed by atoms with Gasteiger partial charge in [-0.3, -0.25) is 4.79 Å². The summed E-state index contributed by atoms with van der Waals surface area (Å²) in [6.07, 6.45) is 2.59. The lowest BCUT2D eigenvalue weighted by atomic mass is 10.1. The van der Waals surface area contributed by atoms with Crippen LogP contribution >= 0.6 is 23.2 Å². The zero-order chi connectivity index (χ0) is 21.6. The number of carbonyl (C=O) groups excluding carboxylic acids is 2. The van der Waals surface area contributed by atoms with E-state index in [-0.39, 0.29) is 11.3 Å². The molecule has 2 aromatic rings. The topological polar surface area (TPSA) is 111 Å². The van der Waals surface area contributed by atoms with Crippen molar-refractivity contribution in [2.24, 2.45) is 5.73 Å². The van der Waals surface area contributed by atoms with Gasteiger partial charge >= 0.3 is 5.97 Å². The molecule has 7 nitrogen and oxygen atoms in total. The summed E-state index contributed by atoms with van der Waals surface area (Å²) in [5, 5.41) is 14.2. The Balaban J connectivity index is 2.07. The number of hydrogen-bond donors (Lipinski definition) is 1. The van der Waals surface area contributed by atoms with Gasteiger partial charge in [-0.25, -0.2) is 9.48 Å². The number of halogens is 2. The quantitative estimate of drug-likeness (QED) is 0.407. The van der Waals surface area contributed by atoms with E-state index in [4.69, 9.17) is 38.9 Å². The molecule has 0 spiro atoms. The molecule has 2 rings (SSSR count). The van der Waals surface area contributed by atoms with E-state index in [2.05, 4.69) is 5.10 Å². The third-order valence-corrected chi connectivity index (χ3v) is 4.67. The minimum atomic E-state index is -0.764. The molecule has 1 aromatic heterocycles. The van der Waals surface area contributed by atoms with Crippen LogP contribution in [0.1, 0.15) is 23.7 Å². The standard InChI is InChI=1S/C20H18Cl2N4O3/c1-12(24)16(9-23)18(27)11-29-19(28)8-7-15-13(2)25-26(20(15)22)10-14-5-3-4-6-17(14)21/h3-8H,10-11,24H2,1-2H3. The van der Waals surface area contributed by atoms with E-state index in [0.29, 0.717) is 28.0 Å². The summed E-state index contributed by atoms with van der Waals surface area (Å²) in [4.78, 5) is 23.7. The van der Waals surface area contributed by atoms with Crippen LogP contribution in [0, 0.1) is 18.3 Å². The van der Waals surface area contributed by atoms with E-state index in [1.54, 1.807) is 23.7 Å². The smallest absolute Gasteiger partial charge is 0.331 e. The van der Waals surface area contributed by atoms with E-state index in [9.17, 15) is 9.59 Å². The molecule has 0 aliphatic carbocycles. The predicted molar refractivity (Wildman–Crippen MR) is 110 cm³/mol. The Bertz CT molecular complexity index is 1040. The molecule has 0 saturated carbocycles. The highest BCUT2D eigenvalue weighted by molar-refractivity contribution is 6.32. The fourth-order valence-corrected chi connectivity index (χ4v) is 2.92. The highest BCUT2D eigenvalue weighted by atomic mass is 35.5. The molecule has 0 aliphatic heterocycles. The zero-order valence-electron chi connectivity index (χ0n) is 15.8. The molecule has 150 valence electrons.